The molecule has 4 rings (SSSR count). The maximum Gasteiger partial charge on any atom is 0.256 e. The van der Waals surface area contributed by atoms with Crippen LogP contribution in [0.25, 0.3) is 5.57 Å². The molecule has 1 aromatic heterocycles. The molecule has 1 aliphatic rings. The van der Waals surface area contributed by atoms with Crippen molar-refractivity contribution in [3.8, 4) is 6.07 Å². The molecule has 162 valence electrons. The first-order valence-corrected chi connectivity index (χ1v) is 10.1. The molecule has 0 aliphatic carbocycles. The minimum atomic E-state index is -0.522. The number of halogens is 2. The van der Waals surface area contributed by atoms with Crippen LogP contribution in [-0.4, -0.2) is 57.6 Å². The summed E-state index contributed by atoms with van der Waals surface area (Å²) in [5, 5.41) is 26.4. The lowest BCUT2D eigenvalue weighted by Gasteiger charge is -2.37. The van der Waals surface area contributed by atoms with E-state index in [2.05, 4.69) is 30.8 Å². The zero-order valence-corrected chi connectivity index (χ0v) is 17.6. The van der Waals surface area contributed by atoms with Gasteiger partial charge in [-0.3, -0.25) is 4.79 Å². The van der Waals surface area contributed by atoms with E-state index in [0.717, 1.165) is 5.69 Å². The molecule has 2 N–H and O–H groups in total. The Morgan fingerprint density at radius 2 is 2.00 bits per heavy atom. The summed E-state index contributed by atoms with van der Waals surface area (Å²) >= 11 is 6.18. The lowest BCUT2D eigenvalue weighted by atomic mass is 10.1. The van der Waals surface area contributed by atoms with Gasteiger partial charge in [0.25, 0.3) is 5.91 Å². The number of carbonyl (C=O) groups excluding carboxylic acids is 1. The number of aromatic amines is 1. The standard InChI is InChI=1S/C21H18ClFN8O/c22-15-5-6-19(18(11-15)25-13-14(12-24)20-26-28-29-27-20)30-7-9-31(10-8-30)21(32)16-3-1-2-4-17(16)23/h1-6,11,13,25H,7-10H2,(H,26,27,28,29). The van der Waals surface area contributed by atoms with Gasteiger partial charge in [0.2, 0.25) is 5.82 Å². The summed E-state index contributed by atoms with van der Waals surface area (Å²) in [5.74, 6) is -0.673. The number of nitriles is 1. The van der Waals surface area contributed by atoms with Crippen LogP contribution in [-0.2, 0) is 0 Å². The average molecular weight is 453 g/mol. The third-order valence-corrected chi connectivity index (χ3v) is 5.28. The minimum Gasteiger partial charge on any atom is -0.366 e. The molecule has 0 spiro atoms. The number of amides is 1. The fraction of sp³-hybridized carbons (Fsp3) is 0.190. The van der Waals surface area contributed by atoms with E-state index >= 15 is 0 Å². The molecule has 1 saturated heterocycles. The van der Waals surface area contributed by atoms with Gasteiger partial charge in [-0.05, 0) is 35.5 Å². The van der Waals surface area contributed by atoms with Crippen molar-refractivity contribution in [2.45, 2.75) is 0 Å². The fourth-order valence-corrected chi connectivity index (χ4v) is 3.60. The molecule has 1 amide bonds. The molecule has 11 heteroatoms. The lowest BCUT2D eigenvalue weighted by Crippen LogP contribution is -2.49. The number of hydrogen-bond donors (Lipinski definition) is 2. The van der Waals surface area contributed by atoms with E-state index in [1.54, 1.807) is 29.2 Å². The SMILES string of the molecule is N#CC(=CNc1cc(Cl)ccc1N1CCN(C(=O)c2ccccc2F)CC1)c1nn[nH]n1. The number of allylic oxidation sites excluding steroid dienone is 1. The highest BCUT2D eigenvalue weighted by Crippen LogP contribution is 2.30. The molecule has 1 fully saturated rings. The van der Waals surface area contributed by atoms with Crippen molar-refractivity contribution in [3.05, 3.63) is 70.9 Å². The van der Waals surface area contributed by atoms with E-state index in [4.69, 9.17) is 11.6 Å². The number of aromatic nitrogens is 4. The molecule has 3 aromatic rings. The largest absolute Gasteiger partial charge is 0.366 e. The number of benzene rings is 2. The highest BCUT2D eigenvalue weighted by Gasteiger charge is 2.25. The van der Waals surface area contributed by atoms with E-state index < -0.39 is 5.82 Å². The first-order chi connectivity index (χ1) is 15.6. The van der Waals surface area contributed by atoms with Crippen LogP contribution in [0, 0.1) is 17.1 Å². The van der Waals surface area contributed by atoms with Crippen LogP contribution < -0.4 is 10.2 Å². The van der Waals surface area contributed by atoms with Crippen molar-refractivity contribution in [1.82, 2.24) is 25.5 Å². The first-order valence-electron chi connectivity index (χ1n) is 9.75. The van der Waals surface area contributed by atoms with Crippen LogP contribution in [0.3, 0.4) is 0 Å². The number of piperazine rings is 1. The van der Waals surface area contributed by atoms with Crippen LogP contribution in [0.1, 0.15) is 16.2 Å². The zero-order valence-electron chi connectivity index (χ0n) is 16.8. The smallest absolute Gasteiger partial charge is 0.256 e. The molecule has 0 bridgehead atoms. The van der Waals surface area contributed by atoms with E-state index in [1.807, 2.05) is 12.1 Å². The number of H-pyrrole nitrogens is 1. The molecule has 9 nitrogen and oxygen atoms in total. The molecular formula is C21H18ClFN8O. The Hall–Kier alpha value is -3.97. The van der Waals surface area contributed by atoms with E-state index in [0.29, 0.717) is 36.9 Å². The number of tetrazole rings is 1. The second-order valence-electron chi connectivity index (χ2n) is 6.97. The van der Waals surface area contributed by atoms with Crippen molar-refractivity contribution in [2.75, 3.05) is 36.4 Å². The molecule has 0 saturated carbocycles. The predicted octanol–water partition coefficient (Wildman–Crippen LogP) is 2.93. The highest BCUT2D eigenvalue weighted by molar-refractivity contribution is 6.31. The summed E-state index contributed by atoms with van der Waals surface area (Å²) in [6, 6.07) is 13.4. The van der Waals surface area contributed by atoms with Gasteiger partial charge in [0.1, 0.15) is 17.5 Å². The van der Waals surface area contributed by atoms with E-state index in [1.165, 1.54) is 18.3 Å². The number of rotatable bonds is 5. The van der Waals surface area contributed by atoms with E-state index in [9.17, 15) is 14.4 Å². The molecular weight excluding hydrogens is 435 g/mol. The molecule has 0 atom stereocenters. The van der Waals surface area contributed by atoms with Crippen molar-refractivity contribution >= 4 is 34.5 Å². The van der Waals surface area contributed by atoms with Gasteiger partial charge in [-0.15, -0.1) is 10.2 Å². The number of hydrogen-bond acceptors (Lipinski definition) is 7. The van der Waals surface area contributed by atoms with Gasteiger partial charge in [-0.1, -0.05) is 23.7 Å². The lowest BCUT2D eigenvalue weighted by molar-refractivity contribution is 0.0742. The highest BCUT2D eigenvalue weighted by atomic mass is 35.5. The van der Waals surface area contributed by atoms with Gasteiger partial charge in [0.05, 0.1) is 16.9 Å². The summed E-state index contributed by atoms with van der Waals surface area (Å²) in [4.78, 5) is 16.4. The van der Waals surface area contributed by atoms with Gasteiger partial charge in [0, 0.05) is 37.4 Å². The maximum absolute atomic E-state index is 14.0. The molecule has 32 heavy (non-hydrogen) atoms. The Balaban J connectivity index is 1.49. The van der Waals surface area contributed by atoms with Crippen molar-refractivity contribution in [3.63, 3.8) is 0 Å². The Labute approximate surface area is 188 Å². The average Bonchev–Trinajstić information content (AvgIpc) is 3.34. The van der Waals surface area contributed by atoms with Crippen molar-refractivity contribution in [1.29, 1.82) is 5.26 Å². The van der Waals surface area contributed by atoms with Crippen LogP contribution in [0.15, 0.2) is 48.7 Å². The first kappa shape index (κ1) is 21.3. The zero-order chi connectivity index (χ0) is 22.5. The minimum absolute atomic E-state index is 0.0745. The molecule has 2 heterocycles. The number of nitrogens with one attached hydrogen (secondary N) is 2. The third kappa shape index (κ3) is 4.53. The Kier molecular flexibility index (Phi) is 6.28. The van der Waals surface area contributed by atoms with Crippen LogP contribution in [0.5, 0.6) is 0 Å². The number of carbonyl (C=O) groups is 1. The second kappa shape index (κ2) is 9.45. The summed E-state index contributed by atoms with van der Waals surface area (Å²) in [6.07, 6.45) is 1.48. The maximum atomic E-state index is 14.0. The van der Waals surface area contributed by atoms with Crippen molar-refractivity contribution in [2.24, 2.45) is 0 Å². The summed E-state index contributed by atoms with van der Waals surface area (Å²) in [6.45, 7) is 1.99. The number of anilines is 2. The Morgan fingerprint density at radius 1 is 1.22 bits per heavy atom. The normalized spacial score (nSPS) is 14.2. The van der Waals surface area contributed by atoms with Gasteiger partial charge in [-0.25, -0.2) is 4.39 Å². The summed E-state index contributed by atoms with van der Waals surface area (Å²) < 4.78 is 14.0. The van der Waals surface area contributed by atoms with Gasteiger partial charge >= 0.3 is 0 Å². The summed E-state index contributed by atoms with van der Waals surface area (Å²) in [5.41, 5.74) is 1.81. The fourth-order valence-electron chi connectivity index (χ4n) is 3.43. The summed E-state index contributed by atoms with van der Waals surface area (Å²) in [7, 11) is 0. The number of nitrogens with zero attached hydrogens (tertiary/aromatic N) is 6. The third-order valence-electron chi connectivity index (χ3n) is 5.05. The molecule has 1 aliphatic heterocycles. The Morgan fingerprint density at radius 3 is 2.69 bits per heavy atom. The van der Waals surface area contributed by atoms with E-state index in [-0.39, 0.29) is 22.9 Å². The van der Waals surface area contributed by atoms with Gasteiger partial charge in [0.15, 0.2) is 0 Å². The monoisotopic (exact) mass is 452 g/mol. The quantitative estimate of drug-likeness (QED) is 0.572. The second-order valence-corrected chi connectivity index (χ2v) is 7.41. The predicted molar refractivity (Wildman–Crippen MR) is 117 cm³/mol. The molecule has 0 unspecified atom stereocenters. The van der Waals surface area contributed by atoms with Gasteiger partial charge < -0.3 is 15.1 Å². The molecule has 2 aromatic carbocycles. The topological polar surface area (TPSA) is 114 Å². The van der Waals surface area contributed by atoms with Crippen molar-refractivity contribution < 1.29 is 9.18 Å². The van der Waals surface area contributed by atoms with Crippen LogP contribution in [0.4, 0.5) is 15.8 Å². The van der Waals surface area contributed by atoms with Crippen LogP contribution >= 0.6 is 11.6 Å². The molecule has 0 radical (unpaired) electrons. The Bertz CT molecular complexity index is 1180. The van der Waals surface area contributed by atoms with Crippen LogP contribution in [0.2, 0.25) is 5.02 Å². The van der Waals surface area contributed by atoms with Gasteiger partial charge in [-0.2, -0.15) is 10.5 Å².